The van der Waals surface area contributed by atoms with Crippen molar-refractivity contribution in [2.24, 2.45) is 5.92 Å². The van der Waals surface area contributed by atoms with Gasteiger partial charge in [0.1, 0.15) is 0 Å². The van der Waals surface area contributed by atoms with Crippen molar-refractivity contribution >= 4 is 11.8 Å². The summed E-state index contributed by atoms with van der Waals surface area (Å²) in [5, 5.41) is 13.2. The Morgan fingerprint density at radius 1 is 1.14 bits per heavy atom. The predicted molar refractivity (Wildman–Crippen MR) is 61.7 cm³/mol. The van der Waals surface area contributed by atoms with Crippen LogP contribution in [-0.2, 0) is 0 Å². The maximum atomic E-state index is 9.65. The van der Waals surface area contributed by atoms with Crippen molar-refractivity contribution in [2.75, 3.05) is 18.1 Å². The van der Waals surface area contributed by atoms with Gasteiger partial charge in [0.2, 0.25) is 0 Å². The lowest BCUT2D eigenvalue weighted by Crippen LogP contribution is -2.39. The van der Waals surface area contributed by atoms with E-state index in [2.05, 4.69) is 17.1 Å². The second-order valence-corrected chi connectivity index (χ2v) is 5.79. The van der Waals surface area contributed by atoms with Gasteiger partial charge in [-0.25, -0.2) is 0 Å². The van der Waals surface area contributed by atoms with Crippen LogP contribution in [-0.4, -0.2) is 35.3 Å². The summed E-state index contributed by atoms with van der Waals surface area (Å²) in [6, 6.07) is 0.393. The molecule has 0 bridgehead atoms. The summed E-state index contributed by atoms with van der Waals surface area (Å²) in [7, 11) is 0. The third kappa shape index (κ3) is 2.88. The SMILES string of the molecule is O[C@H]1CCC[C@@H]1NCC1CCSCC1. The van der Waals surface area contributed by atoms with Crippen molar-refractivity contribution in [3.05, 3.63) is 0 Å². The number of aliphatic hydroxyl groups excluding tert-OH is 1. The van der Waals surface area contributed by atoms with Crippen molar-refractivity contribution < 1.29 is 5.11 Å². The van der Waals surface area contributed by atoms with E-state index >= 15 is 0 Å². The molecule has 0 aromatic rings. The molecule has 0 aromatic carbocycles. The number of nitrogens with one attached hydrogen (secondary N) is 1. The summed E-state index contributed by atoms with van der Waals surface area (Å²) in [4.78, 5) is 0. The highest BCUT2D eigenvalue weighted by atomic mass is 32.2. The normalized spacial score (nSPS) is 34.9. The first-order valence-electron chi connectivity index (χ1n) is 5.85. The van der Waals surface area contributed by atoms with Crippen molar-refractivity contribution in [1.82, 2.24) is 5.32 Å². The summed E-state index contributed by atoms with van der Waals surface area (Å²) in [6.45, 7) is 1.13. The van der Waals surface area contributed by atoms with Crippen LogP contribution in [0.1, 0.15) is 32.1 Å². The molecule has 2 rings (SSSR count). The molecule has 2 aliphatic rings. The van der Waals surface area contributed by atoms with E-state index in [1.54, 1.807) is 0 Å². The molecule has 0 aromatic heterocycles. The monoisotopic (exact) mass is 215 g/mol. The molecule has 1 aliphatic heterocycles. The maximum absolute atomic E-state index is 9.65. The Morgan fingerprint density at radius 3 is 2.57 bits per heavy atom. The zero-order valence-electron chi connectivity index (χ0n) is 8.74. The van der Waals surface area contributed by atoms with Gasteiger partial charge in [0, 0.05) is 6.04 Å². The molecule has 1 aliphatic carbocycles. The van der Waals surface area contributed by atoms with E-state index in [4.69, 9.17) is 0 Å². The Kier molecular flexibility index (Phi) is 4.14. The molecule has 2 nitrogen and oxygen atoms in total. The summed E-state index contributed by atoms with van der Waals surface area (Å²) >= 11 is 2.08. The molecule has 2 fully saturated rings. The predicted octanol–water partition coefficient (Wildman–Crippen LogP) is 1.63. The van der Waals surface area contributed by atoms with E-state index in [0.717, 1.165) is 18.9 Å². The zero-order valence-corrected chi connectivity index (χ0v) is 9.56. The van der Waals surface area contributed by atoms with E-state index in [0.29, 0.717) is 6.04 Å². The van der Waals surface area contributed by atoms with Gasteiger partial charge in [0.15, 0.2) is 0 Å². The van der Waals surface area contributed by atoms with Crippen molar-refractivity contribution in [3.8, 4) is 0 Å². The number of rotatable bonds is 3. The molecule has 1 saturated carbocycles. The van der Waals surface area contributed by atoms with Gasteiger partial charge in [-0.1, -0.05) is 0 Å². The van der Waals surface area contributed by atoms with Crippen molar-refractivity contribution in [3.63, 3.8) is 0 Å². The van der Waals surface area contributed by atoms with E-state index < -0.39 is 0 Å². The standard InChI is InChI=1S/C11H21NOS/c13-11-3-1-2-10(11)12-8-9-4-6-14-7-5-9/h9-13H,1-8H2/t10-,11-/m0/s1. The Labute approximate surface area is 90.8 Å². The van der Waals surface area contributed by atoms with Gasteiger partial charge >= 0.3 is 0 Å². The molecule has 14 heavy (non-hydrogen) atoms. The molecule has 3 heteroatoms. The highest BCUT2D eigenvalue weighted by Gasteiger charge is 2.25. The van der Waals surface area contributed by atoms with Gasteiger partial charge in [-0.05, 0) is 56.1 Å². The minimum absolute atomic E-state index is 0.0760. The number of aliphatic hydroxyl groups is 1. The third-order valence-corrected chi connectivity index (χ3v) is 4.54. The first kappa shape index (κ1) is 10.8. The van der Waals surface area contributed by atoms with Crippen LogP contribution in [0.25, 0.3) is 0 Å². The van der Waals surface area contributed by atoms with Crippen LogP contribution in [0.2, 0.25) is 0 Å². The molecule has 1 heterocycles. The van der Waals surface area contributed by atoms with E-state index in [-0.39, 0.29) is 6.10 Å². The molecule has 2 N–H and O–H groups in total. The fraction of sp³-hybridized carbons (Fsp3) is 1.00. The van der Waals surface area contributed by atoms with Crippen LogP contribution in [0, 0.1) is 5.92 Å². The molecule has 2 atom stereocenters. The third-order valence-electron chi connectivity index (χ3n) is 3.49. The van der Waals surface area contributed by atoms with E-state index in [1.807, 2.05) is 0 Å². The van der Waals surface area contributed by atoms with Crippen LogP contribution in [0.4, 0.5) is 0 Å². The average molecular weight is 215 g/mol. The van der Waals surface area contributed by atoms with Crippen LogP contribution >= 0.6 is 11.8 Å². The van der Waals surface area contributed by atoms with Gasteiger partial charge in [0.05, 0.1) is 6.10 Å². The fourth-order valence-electron chi connectivity index (χ4n) is 2.45. The molecule has 0 amide bonds. The minimum Gasteiger partial charge on any atom is -0.392 e. The Hall–Kier alpha value is 0.270. The van der Waals surface area contributed by atoms with E-state index in [1.165, 1.54) is 37.2 Å². The highest BCUT2D eigenvalue weighted by Crippen LogP contribution is 2.23. The lowest BCUT2D eigenvalue weighted by atomic mass is 10.0. The fourth-order valence-corrected chi connectivity index (χ4v) is 3.65. The van der Waals surface area contributed by atoms with Gasteiger partial charge in [-0.15, -0.1) is 0 Å². The number of thioether (sulfide) groups is 1. The average Bonchev–Trinajstić information content (AvgIpc) is 2.63. The molecule has 0 unspecified atom stereocenters. The zero-order chi connectivity index (χ0) is 9.80. The lowest BCUT2D eigenvalue weighted by Gasteiger charge is -2.24. The number of hydrogen-bond acceptors (Lipinski definition) is 3. The van der Waals surface area contributed by atoms with Crippen molar-refractivity contribution in [2.45, 2.75) is 44.2 Å². The summed E-state index contributed by atoms with van der Waals surface area (Å²) in [5.74, 6) is 3.53. The molecular weight excluding hydrogens is 194 g/mol. The Balaban J connectivity index is 1.65. The van der Waals surface area contributed by atoms with Crippen LogP contribution in [0.15, 0.2) is 0 Å². The quantitative estimate of drug-likeness (QED) is 0.750. The lowest BCUT2D eigenvalue weighted by molar-refractivity contribution is 0.146. The molecule has 82 valence electrons. The first-order valence-corrected chi connectivity index (χ1v) is 7.01. The Morgan fingerprint density at radius 2 is 1.93 bits per heavy atom. The van der Waals surface area contributed by atoms with Gasteiger partial charge in [-0.3, -0.25) is 0 Å². The summed E-state index contributed by atoms with van der Waals surface area (Å²) in [5.41, 5.74) is 0. The maximum Gasteiger partial charge on any atom is 0.0693 e. The van der Waals surface area contributed by atoms with Gasteiger partial charge < -0.3 is 10.4 Å². The van der Waals surface area contributed by atoms with Gasteiger partial charge in [-0.2, -0.15) is 11.8 Å². The Bertz CT molecular complexity index is 171. The first-order chi connectivity index (χ1) is 6.86. The minimum atomic E-state index is -0.0760. The highest BCUT2D eigenvalue weighted by molar-refractivity contribution is 7.99. The molecule has 0 spiro atoms. The largest absolute Gasteiger partial charge is 0.392 e. The van der Waals surface area contributed by atoms with Gasteiger partial charge in [0.25, 0.3) is 0 Å². The molecule has 1 saturated heterocycles. The number of hydrogen-bond donors (Lipinski definition) is 2. The van der Waals surface area contributed by atoms with Crippen LogP contribution in [0.5, 0.6) is 0 Å². The van der Waals surface area contributed by atoms with E-state index in [9.17, 15) is 5.11 Å². The second kappa shape index (κ2) is 5.38. The summed E-state index contributed by atoms with van der Waals surface area (Å²) in [6.07, 6.45) is 6.01. The summed E-state index contributed by atoms with van der Waals surface area (Å²) < 4.78 is 0. The molecule has 0 radical (unpaired) electrons. The van der Waals surface area contributed by atoms with Crippen molar-refractivity contribution in [1.29, 1.82) is 0 Å². The second-order valence-electron chi connectivity index (χ2n) is 4.57. The van der Waals surface area contributed by atoms with Crippen LogP contribution in [0.3, 0.4) is 0 Å². The molecular formula is C11H21NOS. The topological polar surface area (TPSA) is 32.3 Å². The smallest absolute Gasteiger partial charge is 0.0693 e. The van der Waals surface area contributed by atoms with Crippen LogP contribution < -0.4 is 5.32 Å².